The lowest BCUT2D eigenvalue weighted by Gasteiger charge is -2.23. The summed E-state index contributed by atoms with van der Waals surface area (Å²) in [6.45, 7) is 1.40. The summed E-state index contributed by atoms with van der Waals surface area (Å²) in [5.41, 5.74) is 1.14. The normalized spacial score (nSPS) is 17.8. The Morgan fingerprint density at radius 2 is 1.88 bits per heavy atom. The molecule has 1 aromatic heterocycles. The Bertz CT molecular complexity index is 547. The highest BCUT2D eigenvalue weighted by atomic mass is 19.2. The minimum absolute atomic E-state index is 0.263. The molecule has 1 aromatic carbocycles. The maximum Gasteiger partial charge on any atom is 0.161 e. The summed E-state index contributed by atoms with van der Waals surface area (Å²) in [6, 6.07) is 2.62. The summed E-state index contributed by atoms with van der Waals surface area (Å²) < 4.78 is 33.5. The number of imidazole rings is 1. The molecular formula is C12H12F2N2O. The van der Waals surface area contributed by atoms with E-state index in [2.05, 4.69) is 4.98 Å². The van der Waals surface area contributed by atoms with E-state index in [0.717, 1.165) is 18.9 Å². The van der Waals surface area contributed by atoms with Crippen LogP contribution in [0.4, 0.5) is 8.78 Å². The summed E-state index contributed by atoms with van der Waals surface area (Å²) in [5, 5.41) is 0. The Labute approximate surface area is 97.0 Å². The quantitative estimate of drug-likeness (QED) is 0.763. The fraction of sp³-hybridized carbons (Fsp3) is 0.417. The van der Waals surface area contributed by atoms with E-state index < -0.39 is 11.6 Å². The molecule has 17 heavy (non-hydrogen) atoms. The monoisotopic (exact) mass is 238 g/mol. The van der Waals surface area contributed by atoms with E-state index in [4.69, 9.17) is 4.74 Å². The van der Waals surface area contributed by atoms with Gasteiger partial charge in [-0.2, -0.15) is 0 Å². The first-order valence-corrected chi connectivity index (χ1v) is 5.65. The van der Waals surface area contributed by atoms with Crippen LogP contribution in [0.3, 0.4) is 0 Å². The summed E-state index contributed by atoms with van der Waals surface area (Å²) in [7, 11) is 0. The largest absolute Gasteiger partial charge is 0.381 e. The highest BCUT2D eigenvalue weighted by molar-refractivity contribution is 5.75. The second-order valence-corrected chi connectivity index (χ2v) is 4.25. The third kappa shape index (κ3) is 1.80. The van der Waals surface area contributed by atoms with Crippen molar-refractivity contribution in [2.24, 2.45) is 0 Å². The third-order valence-electron chi connectivity index (χ3n) is 3.20. The van der Waals surface area contributed by atoms with Crippen LogP contribution in [0.15, 0.2) is 18.5 Å². The van der Waals surface area contributed by atoms with E-state index in [1.165, 1.54) is 6.07 Å². The van der Waals surface area contributed by atoms with Gasteiger partial charge in [0.2, 0.25) is 0 Å². The Morgan fingerprint density at radius 3 is 2.65 bits per heavy atom. The summed E-state index contributed by atoms with van der Waals surface area (Å²) in [6.07, 6.45) is 3.41. The fourth-order valence-electron chi connectivity index (χ4n) is 2.28. The zero-order chi connectivity index (χ0) is 11.8. The highest BCUT2D eigenvalue weighted by Crippen LogP contribution is 2.26. The van der Waals surface area contributed by atoms with Crippen LogP contribution in [-0.4, -0.2) is 22.8 Å². The molecule has 3 rings (SSSR count). The molecule has 90 valence electrons. The van der Waals surface area contributed by atoms with Crippen LogP contribution in [-0.2, 0) is 4.74 Å². The van der Waals surface area contributed by atoms with Gasteiger partial charge >= 0.3 is 0 Å². The van der Waals surface area contributed by atoms with E-state index in [1.54, 1.807) is 6.33 Å². The van der Waals surface area contributed by atoms with Gasteiger partial charge in [-0.1, -0.05) is 0 Å². The molecule has 1 aliphatic rings. The molecule has 0 bridgehead atoms. The predicted octanol–water partition coefficient (Wildman–Crippen LogP) is 2.67. The molecule has 1 aliphatic heterocycles. The van der Waals surface area contributed by atoms with E-state index in [9.17, 15) is 8.78 Å². The van der Waals surface area contributed by atoms with Crippen molar-refractivity contribution in [3.8, 4) is 0 Å². The molecule has 0 unspecified atom stereocenters. The van der Waals surface area contributed by atoms with Crippen molar-refractivity contribution in [2.45, 2.75) is 18.9 Å². The number of benzene rings is 1. The first kappa shape index (κ1) is 10.7. The molecule has 0 saturated carbocycles. The van der Waals surface area contributed by atoms with Gasteiger partial charge in [0.15, 0.2) is 11.6 Å². The van der Waals surface area contributed by atoms with Crippen LogP contribution in [0.5, 0.6) is 0 Å². The van der Waals surface area contributed by atoms with Crippen molar-refractivity contribution in [3.63, 3.8) is 0 Å². The van der Waals surface area contributed by atoms with Gasteiger partial charge in [0, 0.05) is 31.4 Å². The van der Waals surface area contributed by atoms with Crippen molar-refractivity contribution in [1.29, 1.82) is 0 Å². The zero-order valence-electron chi connectivity index (χ0n) is 9.20. The highest BCUT2D eigenvalue weighted by Gasteiger charge is 2.18. The lowest BCUT2D eigenvalue weighted by molar-refractivity contribution is 0.0706. The van der Waals surface area contributed by atoms with Crippen LogP contribution in [0.1, 0.15) is 18.9 Å². The number of ether oxygens (including phenoxy) is 1. The molecular weight excluding hydrogens is 226 g/mol. The molecule has 0 aliphatic carbocycles. The van der Waals surface area contributed by atoms with Gasteiger partial charge in [-0.25, -0.2) is 13.8 Å². The fourth-order valence-corrected chi connectivity index (χ4v) is 2.28. The number of nitrogens with zero attached hydrogens (tertiary/aromatic N) is 2. The van der Waals surface area contributed by atoms with Crippen molar-refractivity contribution >= 4 is 11.0 Å². The first-order valence-electron chi connectivity index (χ1n) is 5.65. The molecule has 2 aromatic rings. The third-order valence-corrected chi connectivity index (χ3v) is 3.20. The Balaban J connectivity index is 2.07. The average molecular weight is 238 g/mol. The molecule has 0 N–H and O–H groups in total. The topological polar surface area (TPSA) is 27.1 Å². The number of fused-ring (bicyclic) bond motifs is 1. The van der Waals surface area contributed by atoms with E-state index >= 15 is 0 Å². The van der Waals surface area contributed by atoms with Gasteiger partial charge in [-0.05, 0) is 12.8 Å². The van der Waals surface area contributed by atoms with Crippen LogP contribution in [0.2, 0.25) is 0 Å². The number of aromatic nitrogens is 2. The summed E-state index contributed by atoms with van der Waals surface area (Å²) in [5.74, 6) is -1.68. The maximum atomic E-state index is 13.2. The lowest BCUT2D eigenvalue weighted by atomic mass is 10.1. The van der Waals surface area contributed by atoms with E-state index in [-0.39, 0.29) is 6.04 Å². The molecule has 2 heterocycles. The maximum absolute atomic E-state index is 13.2. The minimum atomic E-state index is -0.852. The second kappa shape index (κ2) is 4.07. The van der Waals surface area contributed by atoms with Crippen LogP contribution in [0.25, 0.3) is 11.0 Å². The van der Waals surface area contributed by atoms with Gasteiger partial charge in [0.1, 0.15) is 0 Å². The predicted molar refractivity (Wildman–Crippen MR) is 58.7 cm³/mol. The Hall–Kier alpha value is -1.49. The van der Waals surface area contributed by atoms with E-state index in [1.807, 2.05) is 4.57 Å². The molecule has 0 spiro atoms. The zero-order valence-corrected chi connectivity index (χ0v) is 9.20. The Morgan fingerprint density at radius 1 is 1.18 bits per heavy atom. The minimum Gasteiger partial charge on any atom is -0.381 e. The van der Waals surface area contributed by atoms with E-state index in [0.29, 0.717) is 24.2 Å². The van der Waals surface area contributed by atoms with Crippen molar-refractivity contribution in [2.75, 3.05) is 13.2 Å². The number of hydrogen-bond acceptors (Lipinski definition) is 2. The first-order chi connectivity index (χ1) is 8.25. The molecule has 5 heteroatoms. The molecule has 3 nitrogen and oxygen atoms in total. The molecule has 1 saturated heterocycles. The van der Waals surface area contributed by atoms with Gasteiger partial charge < -0.3 is 9.30 Å². The number of hydrogen-bond donors (Lipinski definition) is 0. The molecule has 0 atom stereocenters. The van der Waals surface area contributed by atoms with Crippen LogP contribution < -0.4 is 0 Å². The number of halogens is 2. The summed E-state index contributed by atoms with van der Waals surface area (Å²) in [4.78, 5) is 4.11. The standard InChI is InChI=1S/C12H12F2N2O/c13-9-5-11-12(6-10(9)14)16(7-15-11)8-1-3-17-4-2-8/h5-8H,1-4H2. The molecule has 1 fully saturated rings. The van der Waals surface area contributed by atoms with Gasteiger partial charge in [-0.15, -0.1) is 0 Å². The van der Waals surface area contributed by atoms with Crippen LogP contribution in [0, 0.1) is 11.6 Å². The van der Waals surface area contributed by atoms with Gasteiger partial charge in [0.25, 0.3) is 0 Å². The SMILES string of the molecule is Fc1cc2ncn(C3CCOCC3)c2cc1F. The smallest absolute Gasteiger partial charge is 0.161 e. The average Bonchev–Trinajstić information content (AvgIpc) is 2.74. The Kier molecular flexibility index (Phi) is 2.55. The van der Waals surface area contributed by atoms with Crippen molar-refractivity contribution in [3.05, 3.63) is 30.1 Å². The lowest BCUT2D eigenvalue weighted by Crippen LogP contribution is -2.18. The van der Waals surface area contributed by atoms with Crippen molar-refractivity contribution < 1.29 is 13.5 Å². The van der Waals surface area contributed by atoms with Crippen molar-refractivity contribution in [1.82, 2.24) is 9.55 Å². The molecule has 0 radical (unpaired) electrons. The summed E-state index contributed by atoms with van der Waals surface area (Å²) >= 11 is 0. The van der Waals surface area contributed by atoms with Gasteiger partial charge in [0.05, 0.1) is 17.4 Å². The second-order valence-electron chi connectivity index (χ2n) is 4.25. The molecule has 0 amide bonds. The van der Waals surface area contributed by atoms with Crippen LogP contribution >= 0.6 is 0 Å². The number of rotatable bonds is 1. The van der Waals surface area contributed by atoms with Gasteiger partial charge in [-0.3, -0.25) is 0 Å².